The molecule has 1 aromatic carbocycles. The van der Waals surface area contributed by atoms with Crippen LogP contribution in [0, 0.1) is 5.92 Å². The highest BCUT2D eigenvalue weighted by Crippen LogP contribution is 2.29. The Morgan fingerprint density at radius 1 is 1.26 bits per heavy atom. The molecule has 1 amide bonds. The van der Waals surface area contributed by atoms with Crippen LogP contribution in [0.5, 0.6) is 0 Å². The highest BCUT2D eigenvalue weighted by atomic mass is 16.2. The first-order valence-corrected chi connectivity index (χ1v) is 6.94. The van der Waals surface area contributed by atoms with E-state index in [2.05, 4.69) is 28.7 Å². The largest absolute Gasteiger partial charge is 0.330 e. The van der Waals surface area contributed by atoms with Gasteiger partial charge in [-0.25, -0.2) is 5.43 Å². The lowest BCUT2D eigenvalue weighted by Crippen LogP contribution is -2.25. The van der Waals surface area contributed by atoms with Gasteiger partial charge in [0.05, 0.1) is 5.71 Å². The Labute approximate surface area is 113 Å². The zero-order valence-corrected chi connectivity index (χ0v) is 11.0. The fraction of sp³-hybridized carbons (Fsp3) is 0.467. The summed E-state index contributed by atoms with van der Waals surface area (Å²) < 4.78 is 0. The molecule has 3 rings (SSSR count). The highest BCUT2D eigenvalue weighted by molar-refractivity contribution is 6.04. The number of hydrogen-bond donors (Lipinski definition) is 2. The maximum atomic E-state index is 11.1. The van der Waals surface area contributed by atoms with Gasteiger partial charge >= 0.3 is 0 Å². The maximum absolute atomic E-state index is 11.1. The van der Waals surface area contributed by atoms with E-state index in [9.17, 15) is 4.79 Å². The molecule has 0 fully saturated rings. The first-order valence-electron chi connectivity index (χ1n) is 6.94. The Kier molecular flexibility index (Phi) is 3.34. The van der Waals surface area contributed by atoms with Crippen molar-refractivity contribution in [1.82, 2.24) is 5.43 Å². The molecule has 100 valence electrons. The monoisotopic (exact) mass is 257 g/mol. The molecule has 2 aliphatic rings. The molecule has 0 bridgehead atoms. The normalized spacial score (nSPS) is 21.8. The number of carbonyl (C=O) groups excluding carboxylic acids is 1. The molecular formula is C15H19N3O. The van der Waals surface area contributed by atoms with Crippen LogP contribution in [0.2, 0.25) is 0 Å². The van der Waals surface area contributed by atoms with Gasteiger partial charge in [-0.1, -0.05) is 12.1 Å². The Balaban J connectivity index is 1.80. The molecule has 0 saturated heterocycles. The number of amides is 1. The minimum Gasteiger partial charge on any atom is -0.330 e. The lowest BCUT2D eigenvalue weighted by Gasteiger charge is -2.13. The van der Waals surface area contributed by atoms with Crippen LogP contribution in [-0.2, 0) is 17.6 Å². The predicted molar refractivity (Wildman–Crippen MR) is 74.9 cm³/mol. The van der Waals surface area contributed by atoms with Crippen LogP contribution < -0.4 is 11.2 Å². The van der Waals surface area contributed by atoms with E-state index in [1.807, 2.05) is 0 Å². The van der Waals surface area contributed by atoms with Gasteiger partial charge < -0.3 is 5.73 Å². The van der Waals surface area contributed by atoms with Gasteiger partial charge in [-0.2, -0.15) is 5.10 Å². The molecule has 1 atom stereocenters. The Bertz CT molecular complexity index is 536. The van der Waals surface area contributed by atoms with Crippen molar-refractivity contribution in [3.05, 3.63) is 34.9 Å². The number of benzene rings is 1. The van der Waals surface area contributed by atoms with Gasteiger partial charge in [0, 0.05) is 12.8 Å². The maximum Gasteiger partial charge on any atom is 0.240 e. The van der Waals surface area contributed by atoms with E-state index < -0.39 is 0 Å². The average Bonchev–Trinajstić information content (AvgIpc) is 2.81. The zero-order chi connectivity index (χ0) is 13.2. The summed E-state index contributed by atoms with van der Waals surface area (Å²) in [6.07, 6.45) is 4.64. The summed E-state index contributed by atoms with van der Waals surface area (Å²) in [7, 11) is 0. The quantitative estimate of drug-likeness (QED) is 0.858. The Morgan fingerprint density at radius 2 is 2.11 bits per heavy atom. The average molecular weight is 257 g/mol. The van der Waals surface area contributed by atoms with Crippen molar-refractivity contribution in [3.63, 3.8) is 0 Å². The van der Waals surface area contributed by atoms with Crippen LogP contribution in [0.4, 0.5) is 0 Å². The summed E-state index contributed by atoms with van der Waals surface area (Å²) >= 11 is 0. The van der Waals surface area contributed by atoms with Crippen molar-refractivity contribution >= 4 is 11.6 Å². The molecule has 4 nitrogen and oxygen atoms in total. The molecule has 1 aliphatic heterocycles. The minimum atomic E-state index is 0.00733. The molecule has 0 spiro atoms. The van der Waals surface area contributed by atoms with E-state index in [1.54, 1.807) is 0 Å². The van der Waals surface area contributed by atoms with E-state index in [1.165, 1.54) is 11.1 Å². The van der Waals surface area contributed by atoms with Crippen LogP contribution in [-0.4, -0.2) is 18.2 Å². The second-order valence-corrected chi connectivity index (χ2v) is 5.43. The molecule has 0 radical (unpaired) electrons. The van der Waals surface area contributed by atoms with Crippen molar-refractivity contribution in [1.29, 1.82) is 0 Å². The van der Waals surface area contributed by atoms with Gasteiger partial charge in [0.15, 0.2) is 0 Å². The van der Waals surface area contributed by atoms with E-state index in [-0.39, 0.29) is 5.91 Å². The van der Waals surface area contributed by atoms with Crippen molar-refractivity contribution < 1.29 is 4.79 Å². The summed E-state index contributed by atoms with van der Waals surface area (Å²) in [6.45, 7) is 0.768. The van der Waals surface area contributed by atoms with Crippen molar-refractivity contribution in [2.24, 2.45) is 16.8 Å². The second-order valence-electron chi connectivity index (χ2n) is 5.43. The molecule has 1 aromatic rings. The number of nitrogens with one attached hydrogen (secondary N) is 1. The molecule has 0 saturated carbocycles. The zero-order valence-electron chi connectivity index (χ0n) is 11.0. The summed E-state index contributed by atoms with van der Waals surface area (Å²) in [5.74, 6) is 0.705. The molecule has 3 N–H and O–H groups in total. The third-order valence-electron chi connectivity index (χ3n) is 4.04. The van der Waals surface area contributed by atoms with E-state index in [0.717, 1.165) is 43.5 Å². The van der Waals surface area contributed by atoms with Crippen molar-refractivity contribution in [3.8, 4) is 0 Å². The van der Waals surface area contributed by atoms with E-state index in [4.69, 9.17) is 5.73 Å². The smallest absolute Gasteiger partial charge is 0.240 e. The van der Waals surface area contributed by atoms with Gasteiger partial charge in [0.1, 0.15) is 0 Å². The number of fused-ring (bicyclic) bond motifs is 1. The summed E-state index contributed by atoms with van der Waals surface area (Å²) in [4.78, 5) is 11.1. The fourth-order valence-corrected chi connectivity index (χ4v) is 3.01. The molecule has 1 heterocycles. The van der Waals surface area contributed by atoms with E-state index in [0.29, 0.717) is 12.3 Å². The van der Waals surface area contributed by atoms with Gasteiger partial charge in [0.25, 0.3) is 0 Å². The highest BCUT2D eigenvalue weighted by Gasteiger charge is 2.22. The van der Waals surface area contributed by atoms with Crippen LogP contribution >= 0.6 is 0 Å². The van der Waals surface area contributed by atoms with Crippen LogP contribution in [0.15, 0.2) is 23.3 Å². The topological polar surface area (TPSA) is 67.5 Å². The third kappa shape index (κ3) is 2.54. The molecule has 1 unspecified atom stereocenters. The van der Waals surface area contributed by atoms with Crippen molar-refractivity contribution in [2.75, 3.05) is 6.54 Å². The molecular weight excluding hydrogens is 238 g/mol. The number of rotatable bonds is 3. The first kappa shape index (κ1) is 12.4. The van der Waals surface area contributed by atoms with E-state index >= 15 is 0 Å². The van der Waals surface area contributed by atoms with Crippen molar-refractivity contribution in [2.45, 2.75) is 32.1 Å². The molecule has 19 heavy (non-hydrogen) atoms. The Hall–Kier alpha value is -1.68. The minimum absolute atomic E-state index is 0.00733. The summed E-state index contributed by atoms with van der Waals surface area (Å²) in [5, 5.41) is 4.16. The fourth-order valence-electron chi connectivity index (χ4n) is 3.01. The number of hydrazone groups is 1. The van der Waals surface area contributed by atoms with Gasteiger partial charge in [-0.3, -0.25) is 4.79 Å². The third-order valence-corrected chi connectivity index (χ3v) is 4.04. The van der Waals surface area contributed by atoms with Crippen LogP contribution in [0.3, 0.4) is 0 Å². The van der Waals surface area contributed by atoms with Crippen LogP contribution in [0.1, 0.15) is 36.0 Å². The lowest BCUT2D eigenvalue weighted by molar-refractivity contribution is -0.121. The predicted octanol–water partition coefficient (Wildman–Crippen LogP) is 1.36. The van der Waals surface area contributed by atoms with Crippen LogP contribution in [0.25, 0.3) is 0 Å². The SMILES string of the molecule is NCCC1Cc2ccc(C3=NNC(=O)CC3)cc2C1. The standard InChI is InChI=1S/C15H19N3O/c16-6-5-10-7-11-1-2-12(9-13(11)8-10)14-3-4-15(19)18-17-14/h1-2,9-10H,3-8,16H2,(H,18,19). The number of nitrogens with two attached hydrogens (primary N) is 1. The summed E-state index contributed by atoms with van der Waals surface area (Å²) in [6, 6.07) is 6.57. The molecule has 0 aromatic heterocycles. The summed E-state index contributed by atoms with van der Waals surface area (Å²) in [5.41, 5.74) is 13.2. The Morgan fingerprint density at radius 3 is 2.84 bits per heavy atom. The molecule has 4 heteroatoms. The second kappa shape index (κ2) is 5.13. The number of nitrogens with zero attached hydrogens (tertiary/aromatic N) is 1. The number of carbonyl (C=O) groups is 1. The van der Waals surface area contributed by atoms with Gasteiger partial charge in [-0.05, 0) is 54.5 Å². The molecule has 1 aliphatic carbocycles. The van der Waals surface area contributed by atoms with Gasteiger partial charge in [0.2, 0.25) is 5.91 Å². The first-order chi connectivity index (χ1) is 9.26. The number of hydrogen-bond acceptors (Lipinski definition) is 3. The lowest BCUT2D eigenvalue weighted by atomic mass is 10.00. The van der Waals surface area contributed by atoms with Gasteiger partial charge in [-0.15, -0.1) is 0 Å².